The van der Waals surface area contributed by atoms with Crippen LogP contribution in [0.1, 0.15) is 28.2 Å². The first-order valence-electron chi connectivity index (χ1n) is 9.74. The Morgan fingerprint density at radius 2 is 1.70 bits per heavy atom. The second kappa shape index (κ2) is 7.51. The van der Waals surface area contributed by atoms with Gasteiger partial charge in [-0.25, -0.2) is 19.0 Å². The van der Waals surface area contributed by atoms with Gasteiger partial charge in [-0.1, -0.05) is 30.3 Å². The van der Waals surface area contributed by atoms with Crippen LogP contribution in [-0.2, 0) is 12.8 Å². The van der Waals surface area contributed by atoms with Gasteiger partial charge in [0, 0.05) is 16.8 Å². The van der Waals surface area contributed by atoms with Gasteiger partial charge in [-0.05, 0) is 43.5 Å². The van der Waals surface area contributed by atoms with Crippen LogP contribution < -0.4 is 5.32 Å². The third-order valence-electron chi connectivity index (χ3n) is 5.16. The molecule has 2 heterocycles. The highest BCUT2D eigenvalue weighted by Gasteiger charge is 2.27. The molecule has 0 atom stereocenters. The maximum absolute atomic E-state index is 13.3. The number of benzene rings is 2. The first-order valence-corrected chi connectivity index (χ1v) is 9.74. The van der Waals surface area contributed by atoms with E-state index in [2.05, 4.69) is 20.4 Å². The summed E-state index contributed by atoms with van der Waals surface area (Å²) in [6.07, 6.45) is 5.77. The van der Waals surface area contributed by atoms with Crippen molar-refractivity contribution in [3.8, 4) is 17.1 Å². The highest BCUT2D eigenvalue weighted by molar-refractivity contribution is 6.04. The Bertz CT molecular complexity index is 1200. The van der Waals surface area contributed by atoms with E-state index in [1.54, 1.807) is 29.2 Å². The van der Waals surface area contributed by atoms with Gasteiger partial charge in [0.1, 0.15) is 5.82 Å². The highest BCUT2D eigenvalue weighted by atomic mass is 19.1. The molecular weight excluding hydrogens is 381 g/mol. The molecule has 0 bridgehead atoms. The quantitative estimate of drug-likeness (QED) is 0.558. The summed E-state index contributed by atoms with van der Waals surface area (Å²) < 4.78 is 15.0. The molecule has 6 nitrogen and oxygen atoms in total. The van der Waals surface area contributed by atoms with E-state index in [1.165, 1.54) is 12.1 Å². The predicted octanol–water partition coefficient (Wildman–Crippen LogP) is 4.21. The first kappa shape index (κ1) is 18.2. The standard InChI is InChI=1S/C23H18FN5O/c24-16-9-11-18(12-10-16)29-20-8-4-7-19(20)21(28-29)23(30)27-17-13-25-22(26-14-17)15-5-2-1-3-6-15/h1-3,5-6,9-14H,4,7-8H2,(H,27,30). The van der Waals surface area contributed by atoms with Gasteiger partial charge in [0.2, 0.25) is 0 Å². The second-order valence-electron chi connectivity index (χ2n) is 7.13. The molecule has 1 aliphatic carbocycles. The lowest BCUT2D eigenvalue weighted by Gasteiger charge is -2.06. The van der Waals surface area contributed by atoms with Gasteiger partial charge in [-0.2, -0.15) is 5.10 Å². The fourth-order valence-corrected chi connectivity index (χ4v) is 3.73. The molecule has 0 saturated carbocycles. The van der Waals surface area contributed by atoms with Crippen molar-refractivity contribution >= 4 is 11.6 Å². The molecule has 1 N–H and O–H groups in total. The topological polar surface area (TPSA) is 72.7 Å². The summed E-state index contributed by atoms with van der Waals surface area (Å²) in [4.78, 5) is 21.6. The smallest absolute Gasteiger partial charge is 0.276 e. The number of fused-ring (bicyclic) bond motifs is 1. The van der Waals surface area contributed by atoms with Crippen molar-refractivity contribution in [2.45, 2.75) is 19.3 Å². The third-order valence-corrected chi connectivity index (χ3v) is 5.16. The monoisotopic (exact) mass is 399 g/mol. The molecular formula is C23H18FN5O. The maximum atomic E-state index is 13.3. The van der Waals surface area contributed by atoms with Gasteiger partial charge in [0.05, 0.1) is 23.8 Å². The van der Waals surface area contributed by atoms with E-state index in [9.17, 15) is 9.18 Å². The molecule has 4 aromatic rings. The van der Waals surface area contributed by atoms with Crippen LogP contribution in [0.3, 0.4) is 0 Å². The molecule has 1 aliphatic rings. The number of hydrogen-bond donors (Lipinski definition) is 1. The Morgan fingerprint density at radius 1 is 0.967 bits per heavy atom. The zero-order chi connectivity index (χ0) is 20.5. The minimum atomic E-state index is -0.306. The highest BCUT2D eigenvalue weighted by Crippen LogP contribution is 2.28. The van der Waals surface area contributed by atoms with E-state index in [4.69, 9.17) is 0 Å². The Balaban J connectivity index is 1.40. The van der Waals surface area contributed by atoms with Gasteiger partial charge in [-0.15, -0.1) is 0 Å². The summed E-state index contributed by atoms with van der Waals surface area (Å²) in [5.41, 5.74) is 4.48. The lowest BCUT2D eigenvalue weighted by Crippen LogP contribution is -2.15. The van der Waals surface area contributed by atoms with E-state index < -0.39 is 0 Å². The zero-order valence-corrected chi connectivity index (χ0v) is 16.0. The van der Waals surface area contributed by atoms with Gasteiger partial charge in [0.25, 0.3) is 5.91 Å². The number of halogens is 1. The van der Waals surface area contributed by atoms with Crippen molar-refractivity contribution < 1.29 is 9.18 Å². The van der Waals surface area contributed by atoms with Crippen LogP contribution in [0.15, 0.2) is 67.0 Å². The molecule has 30 heavy (non-hydrogen) atoms. The molecule has 0 aliphatic heterocycles. The number of rotatable bonds is 4. The van der Waals surface area contributed by atoms with Crippen LogP contribution in [0.2, 0.25) is 0 Å². The number of amides is 1. The number of nitrogens with zero attached hydrogens (tertiary/aromatic N) is 4. The minimum absolute atomic E-state index is 0.301. The van der Waals surface area contributed by atoms with Crippen molar-refractivity contribution in [3.05, 3.63) is 89.8 Å². The normalized spacial score (nSPS) is 12.6. The lowest BCUT2D eigenvalue weighted by molar-refractivity contribution is 0.102. The number of hydrogen-bond acceptors (Lipinski definition) is 4. The number of carbonyl (C=O) groups excluding carboxylic acids is 1. The molecule has 148 valence electrons. The van der Waals surface area contributed by atoms with Crippen molar-refractivity contribution in [1.29, 1.82) is 0 Å². The maximum Gasteiger partial charge on any atom is 0.276 e. The third kappa shape index (κ3) is 3.34. The van der Waals surface area contributed by atoms with Gasteiger partial charge in [-0.3, -0.25) is 4.79 Å². The Morgan fingerprint density at radius 3 is 2.43 bits per heavy atom. The van der Waals surface area contributed by atoms with Crippen LogP contribution in [0.25, 0.3) is 17.1 Å². The van der Waals surface area contributed by atoms with Gasteiger partial charge >= 0.3 is 0 Å². The predicted molar refractivity (Wildman–Crippen MR) is 111 cm³/mol. The van der Waals surface area contributed by atoms with E-state index in [1.807, 2.05) is 30.3 Å². The number of nitrogens with one attached hydrogen (secondary N) is 1. The van der Waals surface area contributed by atoms with E-state index in [0.29, 0.717) is 17.2 Å². The van der Waals surface area contributed by atoms with Gasteiger partial charge < -0.3 is 5.32 Å². The molecule has 5 rings (SSSR count). The first-order chi connectivity index (χ1) is 14.7. The average molecular weight is 399 g/mol. The van der Waals surface area contributed by atoms with Crippen molar-refractivity contribution in [2.24, 2.45) is 0 Å². The molecule has 0 radical (unpaired) electrons. The second-order valence-corrected chi connectivity index (χ2v) is 7.13. The molecule has 0 unspecified atom stereocenters. The molecule has 2 aromatic heterocycles. The number of anilines is 1. The van der Waals surface area contributed by atoms with Crippen molar-refractivity contribution in [2.75, 3.05) is 5.32 Å². The fraction of sp³-hybridized carbons (Fsp3) is 0.130. The van der Waals surface area contributed by atoms with Crippen molar-refractivity contribution in [1.82, 2.24) is 19.7 Å². The van der Waals surface area contributed by atoms with Gasteiger partial charge in [0.15, 0.2) is 11.5 Å². The molecule has 0 saturated heterocycles. The van der Waals surface area contributed by atoms with E-state index in [-0.39, 0.29) is 11.7 Å². The van der Waals surface area contributed by atoms with E-state index in [0.717, 1.165) is 41.8 Å². The van der Waals surface area contributed by atoms with Crippen LogP contribution >= 0.6 is 0 Å². The fourth-order valence-electron chi connectivity index (χ4n) is 3.73. The summed E-state index contributed by atoms with van der Waals surface area (Å²) in [7, 11) is 0. The minimum Gasteiger partial charge on any atom is -0.318 e. The van der Waals surface area contributed by atoms with Crippen molar-refractivity contribution in [3.63, 3.8) is 0 Å². The molecule has 1 amide bonds. The Labute approximate surface area is 172 Å². The summed E-state index contributed by atoms with van der Waals surface area (Å²) in [5.74, 6) is -0.0142. The molecule has 2 aromatic carbocycles. The summed E-state index contributed by atoms with van der Waals surface area (Å²) in [5, 5.41) is 7.38. The average Bonchev–Trinajstić information content (AvgIpc) is 3.39. The molecule has 0 spiro atoms. The summed E-state index contributed by atoms with van der Waals surface area (Å²) >= 11 is 0. The summed E-state index contributed by atoms with van der Waals surface area (Å²) in [6.45, 7) is 0. The molecule has 7 heteroatoms. The Kier molecular flexibility index (Phi) is 4.55. The summed E-state index contributed by atoms with van der Waals surface area (Å²) in [6, 6.07) is 15.8. The molecule has 0 fully saturated rings. The Hall–Kier alpha value is -3.87. The van der Waals surface area contributed by atoms with Crippen LogP contribution in [-0.4, -0.2) is 25.7 Å². The number of aromatic nitrogens is 4. The van der Waals surface area contributed by atoms with Crippen LogP contribution in [0.4, 0.5) is 10.1 Å². The van der Waals surface area contributed by atoms with E-state index >= 15 is 0 Å². The van der Waals surface area contributed by atoms with Crippen LogP contribution in [0.5, 0.6) is 0 Å². The zero-order valence-electron chi connectivity index (χ0n) is 16.0. The lowest BCUT2D eigenvalue weighted by atomic mass is 10.2. The van der Waals surface area contributed by atoms with Crippen LogP contribution in [0, 0.1) is 5.82 Å². The SMILES string of the molecule is O=C(Nc1cnc(-c2ccccc2)nc1)c1nn(-c2ccc(F)cc2)c2c1CCC2. The number of carbonyl (C=O) groups is 1. The largest absolute Gasteiger partial charge is 0.318 e.